The second kappa shape index (κ2) is 4.84. The molecule has 0 bridgehead atoms. The van der Waals surface area contributed by atoms with Gasteiger partial charge in [-0.3, -0.25) is 0 Å². The van der Waals surface area contributed by atoms with Gasteiger partial charge >= 0.3 is 0 Å². The lowest BCUT2D eigenvalue weighted by Gasteiger charge is -2.16. The molecule has 1 aromatic heterocycles. The van der Waals surface area contributed by atoms with E-state index >= 15 is 0 Å². The number of hydrogen-bond acceptors (Lipinski definition) is 4. The van der Waals surface area contributed by atoms with Crippen LogP contribution in [0.3, 0.4) is 0 Å². The summed E-state index contributed by atoms with van der Waals surface area (Å²) in [6.45, 7) is 4.29. The normalized spacial score (nSPS) is 26.1. The van der Waals surface area contributed by atoms with Crippen LogP contribution < -0.4 is 10.2 Å². The third-order valence-electron chi connectivity index (χ3n) is 3.99. The van der Waals surface area contributed by atoms with Crippen molar-refractivity contribution in [2.24, 2.45) is 11.8 Å². The summed E-state index contributed by atoms with van der Waals surface area (Å²) in [6, 6.07) is 0.740. The number of rotatable bonds is 6. The van der Waals surface area contributed by atoms with Crippen molar-refractivity contribution in [3.05, 3.63) is 18.0 Å². The van der Waals surface area contributed by atoms with Crippen molar-refractivity contribution in [2.75, 3.05) is 18.5 Å². The van der Waals surface area contributed by atoms with E-state index in [0.717, 1.165) is 36.9 Å². The topological polar surface area (TPSA) is 41.1 Å². The molecule has 1 heterocycles. The van der Waals surface area contributed by atoms with Gasteiger partial charge in [0.1, 0.15) is 0 Å². The summed E-state index contributed by atoms with van der Waals surface area (Å²) in [7, 11) is 2.09. The maximum atomic E-state index is 4.46. The summed E-state index contributed by atoms with van der Waals surface area (Å²) < 4.78 is 0. The fourth-order valence-electron chi connectivity index (χ4n) is 2.27. The van der Waals surface area contributed by atoms with Crippen molar-refractivity contribution in [2.45, 2.75) is 38.8 Å². The molecule has 2 atom stereocenters. The zero-order valence-corrected chi connectivity index (χ0v) is 11.3. The van der Waals surface area contributed by atoms with E-state index in [1.807, 2.05) is 12.4 Å². The molecule has 0 spiro atoms. The molecule has 2 fully saturated rings. The van der Waals surface area contributed by atoms with E-state index in [-0.39, 0.29) is 0 Å². The summed E-state index contributed by atoms with van der Waals surface area (Å²) >= 11 is 0. The molecule has 98 valence electrons. The molecule has 3 rings (SSSR count). The number of aromatic nitrogens is 2. The molecule has 0 saturated heterocycles. The Morgan fingerprint density at radius 3 is 2.56 bits per heavy atom. The van der Waals surface area contributed by atoms with Gasteiger partial charge in [-0.2, -0.15) is 0 Å². The van der Waals surface area contributed by atoms with E-state index < -0.39 is 0 Å². The van der Waals surface area contributed by atoms with Crippen molar-refractivity contribution >= 4 is 5.95 Å². The van der Waals surface area contributed by atoms with E-state index in [4.69, 9.17) is 0 Å². The highest BCUT2D eigenvalue weighted by atomic mass is 15.2. The molecular formula is C14H22N4. The summed E-state index contributed by atoms with van der Waals surface area (Å²) in [6.07, 6.45) is 7.89. The van der Waals surface area contributed by atoms with Crippen LogP contribution in [0.5, 0.6) is 0 Å². The molecule has 0 aromatic carbocycles. The van der Waals surface area contributed by atoms with Gasteiger partial charge in [0.05, 0.1) is 0 Å². The average Bonchev–Trinajstić information content (AvgIpc) is 3.27. The third kappa shape index (κ3) is 2.99. The molecule has 2 aliphatic rings. The standard InChI is InChI=1S/C14H22N4/c1-10-5-12(10)9-18(2)14-16-7-11(8-17-14)6-15-13-3-4-13/h7-8,10,12-13,15H,3-6,9H2,1-2H3. The first-order valence-electron chi connectivity index (χ1n) is 6.98. The van der Waals surface area contributed by atoms with Gasteiger partial charge in [-0.05, 0) is 31.1 Å². The number of nitrogens with zero attached hydrogens (tertiary/aromatic N) is 3. The molecule has 1 aromatic rings. The second-order valence-corrected chi connectivity index (χ2v) is 5.90. The Balaban J connectivity index is 1.52. The van der Waals surface area contributed by atoms with E-state index in [9.17, 15) is 0 Å². The predicted octanol–water partition coefficient (Wildman–Crippen LogP) is 1.82. The van der Waals surface area contributed by atoms with Crippen molar-refractivity contribution in [1.29, 1.82) is 0 Å². The van der Waals surface area contributed by atoms with Gasteiger partial charge < -0.3 is 10.2 Å². The highest BCUT2D eigenvalue weighted by molar-refractivity contribution is 5.29. The highest BCUT2D eigenvalue weighted by Gasteiger charge is 2.33. The Hall–Kier alpha value is -1.16. The van der Waals surface area contributed by atoms with Crippen molar-refractivity contribution < 1.29 is 0 Å². The molecule has 2 aliphatic carbocycles. The Kier molecular flexibility index (Phi) is 3.20. The van der Waals surface area contributed by atoms with Crippen LogP contribution in [-0.2, 0) is 6.54 Å². The molecule has 1 N–H and O–H groups in total. The minimum absolute atomic E-state index is 0.740. The lowest BCUT2D eigenvalue weighted by Crippen LogP contribution is -2.23. The first-order valence-corrected chi connectivity index (χ1v) is 6.98. The van der Waals surface area contributed by atoms with Crippen LogP contribution in [0.1, 0.15) is 31.7 Å². The van der Waals surface area contributed by atoms with E-state index in [1.165, 1.54) is 24.8 Å². The van der Waals surface area contributed by atoms with Crippen LogP contribution in [0, 0.1) is 11.8 Å². The van der Waals surface area contributed by atoms with Gasteiger partial charge in [0.15, 0.2) is 0 Å². The molecule has 2 saturated carbocycles. The predicted molar refractivity (Wildman–Crippen MR) is 72.4 cm³/mol. The number of hydrogen-bond donors (Lipinski definition) is 1. The van der Waals surface area contributed by atoms with Crippen molar-refractivity contribution in [3.63, 3.8) is 0 Å². The smallest absolute Gasteiger partial charge is 0.225 e. The molecular weight excluding hydrogens is 224 g/mol. The fraction of sp³-hybridized carbons (Fsp3) is 0.714. The maximum Gasteiger partial charge on any atom is 0.225 e. The van der Waals surface area contributed by atoms with Crippen LogP contribution in [0.15, 0.2) is 12.4 Å². The summed E-state index contributed by atoms with van der Waals surface area (Å²) in [5.74, 6) is 2.58. The minimum atomic E-state index is 0.740. The zero-order valence-electron chi connectivity index (χ0n) is 11.3. The van der Waals surface area contributed by atoms with Crippen LogP contribution >= 0.6 is 0 Å². The number of nitrogens with one attached hydrogen (secondary N) is 1. The Bertz CT molecular complexity index is 399. The first kappa shape index (κ1) is 11.9. The second-order valence-electron chi connectivity index (χ2n) is 5.90. The van der Waals surface area contributed by atoms with Crippen LogP contribution in [-0.4, -0.2) is 29.6 Å². The molecule has 2 unspecified atom stereocenters. The largest absolute Gasteiger partial charge is 0.344 e. The van der Waals surface area contributed by atoms with Gasteiger partial charge in [0, 0.05) is 44.1 Å². The maximum absolute atomic E-state index is 4.46. The van der Waals surface area contributed by atoms with Gasteiger partial charge in [0.2, 0.25) is 5.95 Å². The Morgan fingerprint density at radius 2 is 2.00 bits per heavy atom. The van der Waals surface area contributed by atoms with Crippen molar-refractivity contribution in [1.82, 2.24) is 15.3 Å². The molecule has 18 heavy (non-hydrogen) atoms. The summed E-state index contributed by atoms with van der Waals surface area (Å²) in [5.41, 5.74) is 1.18. The van der Waals surface area contributed by atoms with Crippen LogP contribution in [0.4, 0.5) is 5.95 Å². The lowest BCUT2D eigenvalue weighted by molar-refractivity contribution is 0.679. The Labute approximate surface area is 109 Å². The van der Waals surface area contributed by atoms with Crippen molar-refractivity contribution in [3.8, 4) is 0 Å². The quantitative estimate of drug-likeness (QED) is 0.831. The van der Waals surface area contributed by atoms with Gasteiger partial charge in [-0.1, -0.05) is 6.92 Å². The van der Waals surface area contributed by atoms with Gasteiger partial charge in [-0.15, -0.1) is 0 Å². The molecule has 4 nitrogen and oxygen atoms in total. The summed E-state index contributed by atoms with van der Waals surface area (Å²) in [4.78, 5) is 11.1. The minimum Gasteiger partial charge on any atom is -0.344 e. The van der Waals surface area contributed by atoms with Gasteiger partial charge in [0.25, 0.3) is 0 Å². The SMILES string of the molecule is CC1CC1CN(C)c1ncc(CNC2CC2)cn1. The van der Waals surface area contributed by atoms with Crippen LogP contribution in [0.25, 0.3) is 0 Å². The molecule has 0 aliphatic heterocycles. The number of anilines is 1. The highest BCUT2D eigenvalue weighted by Crippen LogP contribution is 2.38. The molecule has 0 radical (unpaired) electrons. The van der Waals surface area contributed by atoms with Gasteiger partial charge in [-0.25, -0.2) is 9.97 Å². The summed E-state index contributed by atoms with van der Waals surface area (Å²) in [5, 5.41) is 3.48. The third-order valence-corrected chi connectivity index (χ3v) is 3.99. The fourth-order valence-corrected chi connectivity index (χ4v) is 2.27. The average molecular weight is 246 g/mol. The monoisotopic (exact) mass is 246 g/mol. The Morgan fingerprint density at radius 1 is 1.33 bits per heavy atom. The van der Waals surface area contributed by atoms with E-state index in [0.29, 0.717) is 0 Å². The lowest BCUT2D eigenvalue weighted by atomic mass is 10.3. The van der Waals surface area contributed by atoms with E-state index in [1.54, 1.807) is 0 Å². The molecule has 4 heteroatoms. The van der Waals surface area contributed by atoms with Crippen LogP contribution in [0.2, 0.25) is 0 Å². The zero-order chi connectivity index (χ0) is 12.5. The first-order chi connectivity index (χ1) is 8.72. The van der Waals surface area contributed by atoms with E-state index in [2.05, 4.69) is 34.2 Å². The molecule has 0 amide bonds.